The SMILES string of the molecule is C1CC2CCC12.CCOc1ccccc1-c1ccc(CCC(C)(N)COP(=O)(O)O)s1. The molecule has 31 heavy (non-hydrogen) atoms. The van der Waals surface area contributed by atoms with Gasteiger partial charge in [-0.2, -0.15) is 0 Å². The second-order valence-corrected chi connectivity index (χ2v) is 11.2. The summed E-state index contributed by atoms with van der Waals surface area (Å²) in [5.74, 6) is 3.28. The third kappa shape index (κ3) is 7.41. The molecule has 2 aliphatic rings. The molecular weight excluding hydrogens is 433 g/mol. The number of hydrogen-bond donors (Lipinski definition) is 3. The van der Waals surface area contributed by atoms with E-state index in [4.69, 9.17) is 20.3 Å². The number of fused-ring (bicyclic) bond motifs is 1. The number of benzene rings is 1. The molecule has 1 unspecified atom stereocenters. The smallest absolute Gasteiger partial charge is 0.469 e. The fourth-order valence-electron chi connectivity index (χ4n) is 3.89. The molecule has 8 heteroatoms. The molecule has 2 aromatic rings. The van der Waals surface area contributed by atoms with Gasteiger partial charge in [0.1, 0.15) is 5.75 Å². The van der Waals surface area contributed by atoms with Crippen LogP contribution in [0.15, 0.2) is 36.4 Å². The molecule has 4 N–H and O–H groups in total. The number of hydrogen-bond acceptors (Lipinski definition) is 5. The van der Waals surface area contributed by atoms with E-state index in [0.29, 0.717) is 19.4 Å². The molecule has 172 valence electrons. The van der Waals surface area contributed by atoms with Crippen LogP contribution in [0.2, 0.25) is 0 Å². The maximum atomic E-state index is 10.8. The minimum absolute atomic E-state index is 0.192. The largest absolute Gasteiger partial charge is 0.493 e. The summed E-state index contributed by atoms with van der Waals surface area (Å²) in [7, 11) is -4.50. The Morgan fingerprint density at radius 2 is 1.77 bits per heavy atom. The van der Waals surface area contributed by atoms with Crippen molar-refractivity contribution in [2.45, 2.75) is 57.9 Å². The zero-order chi connectivity index (χ0) is 22.5. The van der Waals surface area contributed by atoms with Crippen molar-refractivity contribution in [3.63, 3.8) is 0 Å². The maximum Gasteiger partial charge on any atom is 0.469 e. The van der Waals surface area contributed by atoms with Gasteiger partial charge in [0.15, 0.2) is 0 Å². The van der Waals surface area contributed by atoms with Crippen molar-refractivity contribution in [1.82, 2.24) is 0 Å². The first-order valence-corrected chi connectivity index (χ1v) is 13.3. The summed E-state index contributed by atoms with van der Waals surface area (Å²) in [5, 5.41) is 0. The Morgan fingerprint density at radius 1 is 1.13 bits per heavy atom. The molecular formula is C23H34NO5PS. The minimum Gasteiger partial charge on any atom is -0.493 e. The van der Waals surface area contributed by atoms with E-state index >= 15 is 0 Å². The molecule has 0 bridgehead atoms. The predicted octanol–water partition coefficient (Wildman–Crippen LogP) is 5.38. The van der Waals surface area contributed by atoms with E-state index in [0.717, 1.165) is 21.1 Å². The van der Waals surface area contributed by atoms with Crippen LogP contribution in [0.5, 0.6) is 5.75 Å². The maximum absolute atomic E-state index is 10.8. The van der Waals surface area contributed by atoms with Gasteiger partial charge in [0.25, 0.3) is 0 Å². The Morgan fingerprint density at radius 3 is 2.32 bits per heavy atom. The third-order valence-corrected chi connectivity index (χ3v) is 7.75. The van der Waals surface area contributed by atoms with Crippen LogP contribution in [0.4, 0.5) is 0 Å². The average Bonchev–Trinajstić information content (AvgIpc) is 3.17. The van der Waals surface area contributed by atoms with Gasteiger partial charge in [-0.15, -0.1) is 11.3 Å². The molecule has 1 aromatic carbocycles. The first-order chi connectivity index (χ1) is 14.7. The lowest BCUT2D eigenvalue weighted by Gasteiger charge is -2.46. The molecule has 1 aromatic heterocycles. The Bertz CT molecular complexity index is 876. The Labute approximate surface area is 189 Å². The highest BCUT2D eigenvalue weighted by Gasteiger charge is 2.37. The van der Waals surface area contributed by atoms with Crippen molar-refractivity contribution >= 4 is 19.2 Å². The Balaban J connectivity index is 0.000000381. The summed E-state index contributed by atoms with van der Waals surface area (Å²) >= 11 is 1.66. The number of ether oxygens (including phenoxy) is 1. The lowest BCUT2D eigenvalue weighted by Crippen LogP contribution is -2.41. The van der Waals surface area contributed by atoms with E-state index in [1.807, 2.05) is 37.3 Å². The first kappa shape index (κ1) is 24.4. The van der Waals surface area contributed by atoms with E-state index in [-0.39, 0.29) is 6.61 Å². The standard InChI is InChI=1S/C17H24NO5PS.C6H10/c1-3-22-15-7-5-4-6-14(15)16-9-8-13(25-16)10-11-17(2,18)12-23-24(19,20)21;1-2-6-4-3-5(1)6/h4-9H,3,10-12,18H2,1-2H3,(H2,19,20,21);5-6H,1-4H2. The van der Waals surface area contributed by atoms with Crippen LogP contribution < -0.4 is 10.5 Å². The van der Waals surface area contributed by atoms with Crippen molar-refractivity contribution < 1.29 is 23.6 Å². The van der Waals surface area contributed by atoms with Gasteiger partial charge in [0, 0.05) is 20.9 Å². The summed E-state index contributed by atoms with van der Waals surface area (Å²) in [6.07, 6.45) is 7.50. The van der Waals surface area contributed by atoms with Crippen LogP contribution in [-0.4, -0.2) is 28.5 Å². The summed E-state index contributed by atoms with van der Waals surface area (Å²) in [4.78, 5) is 19.8. The van der Waals surface area contributed by atoms with Crippen molar-refractivity contribution in [1.29, 1.82) is 0 Å². The van der Waals surface area contributed by atoms with Crippen LogP contribution in [0, 0.1) is 11.8 Å². The molecule has 2 aliphatic carbocycles. The highest BCUT2D eigenvalue weighted by Crippen LogP contribution is 2.49. The van der Waals surface area contributed by atoms with Gasteiger partial charge in [-0.25, -0.2) is 4.57 Å². The topological polar surface area (TPSA) is 102 Å². The molecule has 1 atom stereocenters. The van der Waals surface area contributed by atoms with Crippen molar-refractivity contribution in [2.75, 3.05) is 13.2 Å². The van der Waals surface area contributed by atoms with Gasteiger partial charge >= 0.3 is 7.82 Å². The molecule has 6 nitrogen and oxygen atoms in total. The molecule has 0 amide bonds. The number of nitrogens with two attached hydrogens (primary N) is 1. The quantitative estimate of drug-likeness (QED) is 0.428. The van der Waals surface area contributed by atoms with E-state index < -0.39 is 13.4 Å². The fraction of sp³-hybridized carbons (Fsp3) is 0.565. The molecule has 0 saturated heterocycles. The van der Waals surface area contributed by atoms with Gasteiger partial charge in [0.2, 0.25) is 0 Å². The lowest BCUT2D eigenvalue weighted by atomic mass is 9.60. The van der Waals surface area contributed by atoms with Crippen LogP contribution in [-0.2, 0) is 15.5 Å². The van der Waals surface area contributed by atoms with Crippen molar-refractivity contribution in [3.05, 3.63) is 41.3 Å². The van der Waals surface area contributed by atoms with Crippen molar-refractivity contribution in [2.24, 2.45) is 17.6 Å². The van der Waals surface area contributed by atoms with Crippen molar-refractivity contribution in [3.8, 4) is 16.2 Å². The van der Waals surface area contributed by atoms with E-state index in [1.54, 1.807) is 43.9 Å². The second-order valence-electron chi connectivity index (χ2n) is 8.79. The normalized spacial score (nSPS) is 21.6. The summed E-state index contributed by atoms with van der Waals surface area (Å²) in [6, 6.07) is 12.0. The predicted molar refractivity (Wildman–Crippen MR) is 125 cm³/mol. The van der Waals surface area contributed by atoms with E-state index in [9.17, 15) is 4.57 Å². The fourth-order valence-corrected chi connectivity index (χ4v) is 5.39. The van der Waals surface area contributed by atoms with E-state index in [2.05, 4.69) is 10.6 Å². The molecule has 0 aliphatic heterocycles. The number of aryl methyl sites for hydroxylation is 1. The number of phosphoric acid groups is 1. The number of thiophene rings is 1. The lowest BCUT2D eigenvalue weighted by molar-refractivity contribution is 0.0548. The number of rotatable bonds is 9. The zero-order valence-electron chi connectivity index (χ0n) is 18.3. The molecule has 2 saturated carbocycles. The first-order valence-electron chi connectivity index (χ1n) is 11.0. The Kier molecular flexibility index (Phi) is 8.36. The molecule has 1 heterocycles. The summed E-state index contributed by atoms with van der Waals surface area (Å²) in [5.41, 5.74) is 6.32. The highest BCUT2D eigenvalue weighted by molar-refractivity contribution is 7.46. The molecule has 0 spiro atoms. The monoisotopic (exact) mass is 467 g/mol. The highest BCUT2D eigenvalue weighted by atomic mass is 32.1. The van der Waals surface area contributed by atoms with Gasteiger partial charge < -0.3 is 20.3 Å². The van der Waals surface area contributed by atoms with Gasteiger partial charge in [-0.05, 0) is 88.5 Å². The minimum atomic E-state index is -4.50. The molecule has 2 fully saturated rings. The van der Waals surface area contributed by atoms with Crippen LogP contribution in [0.25, 0.3) is 10.4 Å². The average molecular weight is 468 g/mol. The van der Waals surface area contributed by atoms with Gasteiger partial charge in [-0.3, -0.25) is 4.52 Å². The number of phosphoric ester groups is 1. The number of para-hydroxylation sites is 1. The summed E-state index contributed by atoms with van der Waals surface area (Å²) < 4.78 is 21.0. The molecule has 4 rings (SSSR count). The zero-order valence-corrected chi connectivity index (χ0v) is 20.0. The van der Waals surface area contributed by atoms with Crippen LogP contribution >= 0.6 is 19.2 Å². The molecule has 0 radical (unpaired) electrons. The van der Waals surface area contributed by atoms with Gasteiger partial charge in [0.05, 0.1) is 13.2 Å². The van der Waals surface area contributed by atoms with Crippen LogP contribution in [0.3, 0.4) is 0 Å². The second kappa shape index (κ2) is 10.6. The Hall–Kier alpha value is -1.21. The third-order valence-electron chi connectivity index (χ3n) is 6.10. The van der Waals surface area contributed by atoms with Gasteiger partial charge in [-0.1, -0.05) is 12.1 Å². The summed E-state index contributed by atoms with van der Waals surface area (Å²) in [6.45, 7) is 4.10. The van der Waals surface area contributed by atoms with Crippen LogP contribution in [0.1, 0.15) is 50.8 Å². The van der Waals surface area contributed by atoms with E-state index in [1.165, 1.54) is 11.8 Å².